The van der Waals surface area contributed by atoms with Crippen LogP contribution in [0.4, 0.5) is 5.69 Å². The van der Waals surface area contributed by atoms with Crippen LogP contribution in [0.1, 0.15) is 40.9 Å². The number of methoxy groups -OCH3 is 1. The summed E-state index contributed by atoms with van der Waals surface area (Å²) in [6, 6.07) is 6.80. The molecule has 0 spiro atoms. The van der Waals surface area contributed by atoms with Crippen molar-refractivity contribution in [2.75, 3.05) is 12.4 Å². The Hall–Kier alpha value is -2.63. The number of carbonyl (C=O) groups excluding carboxylic acids is 2. The molecule has 126 valence electrons. The molecule has 0 aliphatic heterocycles. The van der Waals surface area contributed by atoms with Crippen molar-refractivity contribution in [3.8, 4) is 0 Å². The first-order valence-electron chi connectivity index (χ1n) is 8.20. The molecule has 0 saturated heterocycles. The van der Waals surface area contributed by atoms with Crippen molar-refractivity contribution < 1.29 is 14.3 Å². The number of fused-ring (bicyclic) bond motifs is 1. The van der Waals surface area contributed by atoms with Crippen molar-refractivity contribution in [2.45, 2.75) is 38.6 Å². The first-order chi connectivity index (χ1) is 11.7. The van der Waals surface area contributed by atoms with E-state index in [0.29, 0.717) is 11.3 Å². The van der Waals surface area contributed by atoms with Crippen LogP contribution >= 0.6 is 0 Å². The number of esters is 1. The summed E-state index contributed by atoms with van der Waals surface area (Å²) in [4.78, 5) is 24.0. The summed E-state index contributed by atoms with van der Waals surface area (Å²) in [5, 5.41) is 7.30. The minimum atomic E-state index is -0.475. The molecule has 1 N–H and O–H groups in total. The molecular formula is C18H21N3O3. The van der Waals surface area contributed by atoms with Crippen LogP contribution in [0.3, 0.4) is 0 Å². The van der Waals surface area contributed by atoms with Crippen LogP contribution in [-0.2, 0) is 28.9 Å². The molecular weight excluding hydrogens is 306 g/mol. The van der Waals surface area contributed by atoms with Gasteiger partial charge in [-0.1, -0.05) is 18.6 Å². The topological polar surface area (TPSA) is 73.2 Å². The summed E-state index contributed by atoms with van der Waals surface area (Å²) in [6.07, 6.45) is 7.55. The summed E-state index contributed by atoms with van der Waals surface area (Å²) in [5.74, 6) is -0.694. The predicted octanol–water partition coefficient (Wildman–Crippen LogP) is 2.58. The fourth-order valence-electron chi connectivity index (χ4n) is 3.00. The van der Waals surface area contributed by atoms with E-state index in [1.165, 1.54) is 25.5 Å². The van der Waals surface area contributed by atoms with Crippen molar-refractivity contribution >= 4 is 17.6 Å². The highest BCUT2D eigenvalue weighted by molar-refractivity contribution is 6.01. The zero-order valence-corrected chi connectivity index (χ0v) is 13.7. The fraction of sp³-hybridized carbons (Fsp3) is 0.389. The molecule has 1 aromatic heterocycles. The number of amides is 1. The number of hydrogen-bond donors (Lipinski definition) is 1. The van der Waals surface area contributed by atoms with Crippen LogP contribution in [-0.4, -0.2) is 28.8 Å². The smallest absolute Gasteiger partial charge is 0.339 e. The van der Waals surface area contributed by atoms with Gasteiger partial charge in [0.1, 0.15) is 6.54 Å². The van der Waals surface area contributed by atoms with E-state index in [4.69, 9.17) is 4.74 Å². The van der Waals surface area contributed by atoms with E-state index in [1.54, 1.807) is 28.9 Å². The summed E-state index contributed by atoms with van der Waals surface area (Å²) in [5.41, 5.74) is 3.14. The molecule has 0 radical (unpaired) electrons. The first-order valence-corrected chi connectivity index (χ1v) is 8.20. The van der Waals surface area contributed by atoms with Crippen LogP contribution in [0.15, 0.2) is 30.5 Å². The van der Waals surface area contributed by atoms with Gasteiger partial charge in [-0.25, -0.2) is 4.79 Å². The molecule has 1 amide bonds. The Balaban J connectivity index is 1.69. The van der Waals surface area contributed by atoms with Gasteiger partial charge in [0.05, 0.1) is 24.1 Å². The van der Waals surface area contributed by atoms with E-state index in [-0.39, 0.29) is 12.5 Å². The zero-order chi connectivity index (χ0) is 16.9. The number of rotatable bonds is 4. The summed E-state index contributed by atoms with van der Waals surface area (Å²) in [6.45, 7) is 0.127. The van der Waals surface area contributed by atoms with Gasteiger partial charge in [-0.05, 0) is 43.4 Å². The van der Waals surface area contributed by atoms with Gasteiger partial charge >= 0.3 is 5.97 Å². The van der Waals surface area contributed by atoms with E-state index in [1.807, 2.05) is 6.20 Å². The lowest BCUT2D eigenvalue weighted by molar-refractivity contribution is -0.116. The van der Waals surface area contributed by atoms with E-state index >= 15 is 0 Å². The number of benzene rings is 1. The van der Waals surface area contributed by atoms with Gasteiger partial charge < -0.3 is 10.1 Å². The third-order valence-electron chi connectivity index (χ3n) is 4.20. The van der Waals surface area contributed by atoms with E-state index in [2.05, 4.69) is 10.4 Å². The SMILES string of the molecule is COC(=O)c1ccccc1NC(=O)Cn1cc2c(n1)CCCCC2. The molecule has 0 bridgehead atoms. The Labute approximate surface area is 140 Å². The highest BCUT2D eigenvalue weighted by Crippen LogP contribution is 2.19. The number of aromatic nitrogens is 2. The maximum atomic E-state index is 12.3. The predicted molar refractivity (Wildman–Crippen MR) is 89.9 cm³/mol. The second-order valence-corrected chi connectivity index (χ2v) is 5.94. The van der Waals surface area contributed by atoms with E-state index < -0.39 is 5.97 Å². The number of para-hydroxylation sites is 1. The van der Waals surface area contributed by atoms with Crippen molar-refractivity contribution in [1.82, 2.24) is 9.78 Å². The lowest BCUT2D eigenvalue weighted by Gasteiger charge is -2.09. The van der Waals surface area contributed by atoms with Crippen LogP contribution in [0.2, 0.25) is 0 Å². The molecule has 3 rings (SSSR count). The van der Waals surface area contributed by atoms with Gasteiger partial charge in [-0.3, -0.25) is 9.48 Å². The maximum absolute atomic E-state index is 12.3. The number of hydrogen-bond acceptors (Lipinski definition) is 4. The van der Waals surface area contributed by atoms with Gasteiger partial charge in [0.2, 0.25) is 5.91 Å². The molecule has 1 aromatic carbocycles. The third kappa shape index (κ3) is 3.64. The van der Waals surface area contributed by atoms with Crippen LogP contribution in [0.5, 0.6) is 0 Å². The van der Waals surface area contributed by atoms with Gasteiger partial charge in [-0.2, -0.15) is 5.10 Å². The number of aryl methyl sites for hydroxylation is 2. The fourth-order valence-corrected chi connectivity index (χ4v) is 3.00. The summed E-state index contributed by atoms with van der Waals surface area (Å²) in [7, 11) is 1.32. The highest BCUT2D eigenvalue weighted by atomic mass is 16.5. The maximum Gasteiger partial charge on any atom is 0.339 e. The number of nitrogens with zero attached hydrogens (tertiary/aromatic N) is 2. The molecule has 1 aliphatic rings. The third-order valence-corrected chi connectivity index (χ3v) is 4.20. The molecule has 6 heteroatoms. The molecule has 0 atom stereocenters. The Bertz CT molecular complexity index is 728. The van der Waals surface area contributed by atoms with Gasteiger partial charge in [0.15, 0.2) is 0 Å². The largest absolute Gasteiger partial charge is 0.465 e. The lowest BCUT2D eigenvalue weighted by Crippen LogP contribution is -2.21. The van der Waals surface area contributed by atoms with Crippen LogP contribution in [0, 0.1) is 0 Å². The van der Waals surface area contributed by atoms with Gasteiger partial charge in [-0.15, -0.1) is 0 Å². The van der Waals surface area contributed by atoms with E-state index in [0.717, 1.165) is 25.0 Å². The summed E-state index contributed by atoms with van der Waals surface area (Å²) < 4.78 is 6.42. The highest BCUT2D eigenvalue weighted by Gasteiger charge is 2.16. The molecule has 24 heavy (non-hydrogen) atoms. The van der Waals surface area contributed by atoms with Gasteiger partial charge in [0.25, 0.3) is 0 Å². The Morgan fingerprint density at radius 3 is 2.83 bits per heavy atom. The Kier molecular flexibility index (Phi) is 4.93. The Morgan fingerprint density at radius 1 is 1.21 bits per heavy atom. The van der Waals surface area contributed by atoms with Crippen molar-refractivity contribution in [2.24, 2.45) is 0 Å². The molecule has 6 nitrogen and oxygen atoms in total. The molecule has 0 unspecified atom stereocenters. The number of nitrogens with one attached hydrogen (secondary N) is 1. The van der Waals surface area contributed by atoms with Crippen molar-refractivity contribution in [3.63, 3.8) is 0 Å². The minimum Gasteiger partial charge on any atom is -0.465 e. The number of ether oxygens (including phenoxy) is 1. The normalized spacial score (nSPS) is 13.7. The minimum absolute atomic E-state index is 0.127. The average molecular weight is 327 g/mol. The molecule has 0 saturated carbocycles. The average Bonchev–Trinajstić information content (AvgIpc) is 2.82. The van der Waals surface area contributed by atoms with Crippen molar-refractivity contribution in [3.05, 3.63) is 47.3 Å². The molecule has 1 heterocycles. The molecule has 1 aliphatic carbocycles. The quantitative estimate of drug-likeness (QED) is 0.692. The summed E-state index contributed by atoms with van der Waals surface area (Å²) >= 11 is 0. The monoisotopic (exact) mass is 327 g/mol. The Morgan fingerprint density at radius 2 is 2.00 bits per heavy atom. The van der Waals surface area contributed by atoms with Crippen LogP contribution < -0.4 is 5.32 Å². The number of carbonyl (C=O) groups is 2. The van der Waals surface area contributed by atoms with Crippen LogP contribution in [0.25, 0.3) is 0 Å². The number of anilines is 1. The lowest BCUT2D eigenvalue weighted by atomic mass is 10.1. The molecule has 0 fully saturated rings. The second-order valence-electron chi connectivity index (χ2n) is 5.94. The molecule has 2 aromatic rings. The van der Waals surface area contributed by atoms with Gasteiger partial charge in [0, 0.05) is 6.20 Å². The standard InChI is InChI=1S/C18H21N3O3/c1-24-18(23)14-8-5-6-10-16(14)19-17(22)12-21-11-13-7-3-2-4-9-15(13)20-21/h5-6,8,10-11H,2-4,7,9,12H2,1H3,(H,19,22). The van der Waals surface area contributed by atoms with Crippen molar-refractivity contribution in [1.29, 1.82) is 0 Å². The second kappa shape index (κ2) is 7.29. The zero-order valence-electron chi connectivity index (χ0n) is 13.7. The first kappa shape index (κ1) is 16.2. The van der Waals surface area contributed by atoms with E-state index in [9.17, 15) is 9.59 Å².